The Labute approximate surface area is 125 Å². The van der Waals surface area contributed by atoms with Gasteiger partial charge >= 0.3 is 5.97 Å². The Morgan fingerprint density at radius 2 is 2.14 bits per heavy atom. The number of hydrogen-bond donors (Lipinski definition) is 2. The van der Waals surface area contributed by atoms with Crippen molar-refractivity contribution in [1.82, 2.24) is 9.97 Å². The number of benzene rings is 1. The second kappa shape index (κ2) is 6.90. The number of nitrogens with one attached hydrogen (secondary N) is 1. The summed E-state index contributed by atoms with van der Waals surface area (Å²) in [5.74, 6) is -0.111. The van der Waals surface area contributed by atoms with E-state index in [9.17, 15) is 9.59 Å². The molecule has 0 aliphatic heterocycles. The highest BCUT2D eigenvalue weighted by atomic mass is 35.5. The van der Waals surface area contributed by atoms with Gasteiger partial charge in [-0.15, -0.1) is 0 Å². The maximum atomic E-state index is 11.4. The third-order valence-corrected chi connectivity index (χ3v) is 2.92. The van der Waals surface area contributed by atoms with Crippen molar-refractivity contribution in [2.24, 2.45) is 0 Å². The van der Waals surface area contributed by atoms with E-state index >= 15 is 0 Å². The van der Waals surface area contributed by atoms with Gasteiger partial charge in [0.15, 0.2) is 0 Å². The number of aromatic nitrogens is 2. The van der Waals surface area contributed by atoms with Crippen molar-refractivity contribution < 1.29 is 14.6 Å². The van der Waals surface area contributed by atoms with Crippen molar-refractivity contribution in [3.8, 4) is 5.75 Å². The molecule has 1 aromatic carbocycles. The van der Waals surface area contributed by atoms with Crippen LogP contribution in [-0.2, 0) is 17.6 Å². The molecule has 2 aromatic rings. The van der Waals surface area contributed by atoms with Crippen molar-refractivity contribution >= 4 is 17.6 Å². The molecule has 6 nitrogen and oxygen atoms in total. The van der Waals surface area contributed by atoms with Gasteiger partial charge in [0.25, 0.3) is 5.56 Å². The first-order valence-corrected chi connectivity index (χ1v) is 6.60. The number of para-hydroxylation sites is 1. The first-order valence-electron chi connectivity index (χ1n) is 6.23. The molecule has 0 fully saturated rings. The van der Waals surface area contributed by atoms with Crippen molar-refractivity contribution in [2.45, 2.75) is 12.8 Å². The van der Waals surface area contributed by atoms with Crippen LogP contribution >= 0.6 is 11.6 Å². The molecular formula is C14H13ClN2O4. The predicted molar refractivity (Wildman–Crippen MR) is 76.8 cm³/mol. The fourth-order valence-corrected chi connectivity index (χ4v) is 1.94. The van der Waals surface area contributed by atoms with Crippen LogP contribution in [0.4, 0.5) is 0 Å². The lowest BCUT2D eigenvalue weighted by atomic mass is 10.3. The molecule has 110 valence electrons. The van der Waals surface area contributed by atoms with Gasteiger partial charge < -0.3 is 14.8 Å². The van der Waals surface area contributed by atoms with Crippen LogP contribution in [0.15, 0.2) is 35.1 Å². The fourth-order valence-electron chi connectivity index (χ4n) is 1.75. The number of H-pyrrole nitrogens is 1. The number of carbonyl (C=O) groups is 1. The highest BCUT2D eigenvalue weighted by Crippen LogP contribution is 2.22. The smallest absolute Gasteiger partial charge is 0.309 e. The third kappa shape index (κ3) is 4.61. The second-order valence-corrected chi connectivity index (χ2v) is 4.69. The molecule has 2 rings (SSSR count). The average Bonchev–Trinajstić information content (AvgIpc) is 2.39. The molecular weight excluding hydrogens is 296 g/mol. The lowest BCUT2D eigenvalue weighted by Crippen LogP contribution is -2.16. The molecule has 0 atom stereocenters. The van der Waals surface area contributed by atoms with Crippen molar-refractivity contribution in [1.29, 1.82) is 0 Å². The molecule has 1 aromatic heterocycles. The maximum Gasteiger partial charge on any atom is 0.309 e. The number of rotatable bonds is 6. The highest BCUT2D eigenvalue weighted by molar-refractivity contribution is 6.32. The van der Waals surface area contributed by atoms with E-state index in [2.05, 4.69) is 9.97 Å². The van der Waals surface area contributed by atoms with E-state index in [0.717, 1.165) is 0 Å². The summed E-state index contributed by atoms with van der Waals surface area (Å²) in [5.41, 5.74) is -0.159. The minimum Gasteiger partial charge on any atom is -0.492 e. The SMILES string of the molecule is O=C(O)Cc1cc(=O)[nH]c(CCOc2ccccc2Cl)n1. The lowest BCUT2D eigenvalue weighted by molar-refractivity contribution is -0.136. The molecule has 2 N–H and O–H groups in total. The van der Waals surface area contributed by atoms with E-state index in [1.54, 1.807) is 24.3 Å². The van der Waals surface area contributed by atoms with Gasteiger partial charge in [0.2, 0.25) is 0 Å². The zero-order chi connectivity index (χ0) is 15.2. The van der Waals surface area contributed by atoms with Crippen LogP contribution in [0.2, 0.25) is 5.02 Å². The van der Waals surface area contributed by atoms with Gasteiger partial charge in [-0.2, -0.15) is 0 Å². The Morgan fingerprint density at radius 3 is 2.86 bits per heavy atom. The van der Waals surface area contributed by atoms with Gasteiger partial charge in [-0.25, -0.2) is 4.98 Å². The van der Waals surface area contributed by atoms with E-state index < -0.39 is 5.97 Å². The number of aliphatic carboxylic acids is 1. The summed E-state index contributed by atoms with van der Waals surface area (Å²) in [6.07, 6.45) is 0.0518. The molecule has 0 aliphatic carbocycles. The topological polar surface area (TPSA) is 92.3 Å². The third-order valence-electron chi connectivity index (χ3n) is 2.61. The van der Waals surface area contributed by atoms with Crippen LogP contribution < -0.4 is 10.3 Å². The highest BCUT2D eigenvalue weighted by Gasteiger charge is 2.06. The Hall–Kier alpha value is -2.34. The second-order valence-electron chi connectivity index (χ2n) is 4.28. The quantitative estimate of drug-likeness (QED) is 0.847. The number of aromatic amines is 1. The molecule has 0 amide bonds. The number of ether oxygens (including phenoxy) is 1. The van der Waals surface area contributed by atoms with Crippen LogP contribution in [0.25, 0.3) is 0 Å². The Balaban J connectivity index is 2.00. The van der Waals surface area contributed by atoms with Gasteiger partial charge in [-0.3, -0.25) is 9.59 Å². The minimum absolute atomic E-state index is 0.221. The molecule has 1 heterocycles. The lowest BCUT2D eigenvalue weighted by Gasteiger charge is -2.07. The van der Waals surface area contributed by atoms with Gasteiger partial charge in [-0.1, -0.05) is 23.7 Å². The van der Waals surface area contributed by atoms with Crippen molar-refractivity contribution in [2.75, 3.05) is 6.61 Å². The van der Waals surface area contributed by atoms with Gasteiger partial charge in [-0.05, 0) is 12.1 Å². The summed E-state index contributed by atoms with van der Waals surface area (Å²) < 4.78 is 5.49. The van der Waals surface area contributed by atoms with E-state index in [1.807, 2.05) is 0 Å². The van der Waals surface area contributed by atoms with Crippen LogP contribution in [0.5, 0.6) is 5.75 Å². The van der Waals surface area contributed by atoms with Gasteiger partial charge in [0.1, 0.15) is 11.6 Å². The van der Waals surface area contributed by atoms with Crippen LogP contribution in [-0.4, -0.2) is 27.7 Å². The summed E-state index contributed by atoms with van der Waals surface area (Å²) in [6.45, 7) is 0.267. The normalized spacial score (nSPS) is 10.3. The van der Waals surface area contributed by atoms with E-state index in [1.165, 1.54) is 6.07 Å². The molecule has 0 bridgehead atoms. The van der Waals surface area contributed by atoms with Crippen LogP contribution in [0.3, 0.4) is 0 Å². The predicted octanol–water partition coefficient (Wildman–Crippen LogP) is 1.67. The number of carboxylic acids is 1. The minimum atomic E-state index is -1.04. The number of carboxylic acid groups (broad SMARTS) is 1. The van der Waals surface area contributed by atoms with E-state index in [-0.39, 0.29) is 24.3 Å². The number of hydrogen-bond acceptors (Lipinski definition) is 4. The zero-order valence-corrected chi connectivity index (χ0v) is 11.8. The summed E-state index contributed by atoms with van der Waals surface area (Å²) in [6, 6.07) is 8.22. The average molecular weight is 309 g/mol. The first-order chi connectivity index (χ1) is 10.0. The fraction of sp³-hybridized carbons (Fsp3) is 0.214. The summed E-state index contributed by atoms with van der Waals surface area (Å²) in [4.78, 5) is 28.7. The summed E-state index contributed by atoms with van der Waals surface area (Å²) >= 11 is 5.95. The van der Waals surface area contributed by atoms with Crippen molar-refractivity contribution in [3.05, 3.63) is 57.2 Å². The largest absolute Gasteiger partial charge is 0.492 e. The Morgan fingerprint density at radius 1 is 1.38 bits per heavy atom. The summed E-state index contributed by atoms with van der Waals surface area (Å²) in [7, 11) is 0. The van der Waals surface area contributed by atoms with E-state index in [0.29, 0.717) is 23.0 Å². The number of halogens is 1. The van der Waals surface area contributed by atoms with Crippen LogP contribution in [0, 0.1) is 0 Å². The van der Waals surface area contributed by atoms with E-state index in [4.69, 9.17) is 21.4 Å². The summed E-state index contributed by atoms with van der Waals surface area (Å²) in [5, 5.41) is 9.21. The number of nitrogens with zero attached hydrogens (tertiary/aromatic N) is 1. The monoisotopic (exact) mass is 308 g/mol. The molecule has 0 saturated heterocycles. The standard InChI is InChI=1S/C14H13ClN2O4/c15-10-3-1-2-4-11(10)21-6-5-12-16-9(8-14(19)20)7-13(18)17-12/h1-4,7H,5-6,8H2,(H,19,20)(H,16,17,18). The molecule has 21 heavy (non-hydrogen) atoms. The first kappa shape index (κ1) is 15.1. The van der Waals surface area contributed by atoms with Crippen molar-refractivity contribution in [3.63, 3.8) is 0 Å². The molecule has 0 spiro atoms. The molecule has 0 saturated carbocycles. The maximum absolute atomic E-state index is 11.4. The Kier molecular flexibility index (Phi) is 4.94. The molecule has 0 radical (unpaired) electrons. The van der Waals surface area contributed by atoms with Gasteiger partial charge in [0.05, 0.1) is 23.7 Å². The molecule has 0 aliphatic rings. The Bertz CT molecular complexity index is 699. The molecule has 7 heteroatoms. The van der Waals surface area contributed by atoms with Gasteiger partial charge in [0, 0.05) is 12.5 Å². The van der Waals surface area contributed by atoms with Crippen LogP contribution in [0.1, 0.15) is 11.5 Å². The molecule has 0 unspecified atom stereocenters. The zero-order valence-electron chi connectivity index (χ0n) is 11.0.